The predicted molar refractivity (Wildman–Crippen MR) is 176 cm³/mol. The number of hydrogen-bond donors (Lipinski definition) is 3. The molecule has 9 nitrogen and oxygen atoms in total. The van der Waals surface area contributed by atoms with Crippen molar-refractivity contribution in [2.75, 3.05) is 6.61 Å². The standard InChI is InChI=1S/C37H32N2O7S/c1-24-30(23-46-29-19-17-26(22-40)18-20-29)33(36(43)44)39-35(42)34(38-31(41)21-25-11-5-2-6-12-25)37(39,47(24)45)32(27-13-7-3-8-14-27)28-15-9-4-10-16-28/h2-20,32,34,40H,1,21-23H2,(H,38,41)(H,43,44)/t34-,37-,47+/m1/s1. The lowest BCUT2D eigenvalue weighted by molar-refractivity contribution is -0.158. The monoisotopic (exact) mass is 648 g/mol. The van der Waals surface area contributed by atoms with E-state index in [2.05, 4.69) is 11.9 Å². The molecule has 0 radical (unpaired) electrons. The summed E-state index contributed by atoms with van der Waals surface area (Å²) in [4.78, 5) is 40.1. The van der Waals surface area contributed by atoms with Gasteiger partial charge in [-0.3, -0.25) is 18.7 Å². The molecule has 0 saturated carbocycles. The Morgan fingerprint density at radius 3 is 1.96 bits per heavy atom. The summed E-state index contributed by atoms with van der Waals surface area (Å²) in [5.41, 5.74) is 2.32. The molecule has 0 unspecified atom stereocenters. The van der Waals surface area contributed by atoms with Gasteiger partial charge in [0.1, 0.15) is 24.1 Å². The summed E-state index contributed by atoms with van der Waals surface area (Å²) in [6, 6.07) is 32.4. The third-order valence-corrected chi connectivity index (χ3v) is 10.4. The fraction of sp³-hybridized carbons (Fsp3) is 0.162. The lowest BCUT2D eigenvalue weighted by Crippen LogP contribution is -2.83. The van der Waals surface area contributed by atoms with Crippen LogP contribution in [0.15, 0.2) is 138 Å². The van der Waals surface area contributed by atoms with Crippen LogP contribution in [-0.4, -0.2) is 54.6 Å². The number of aliphatic hydroxyl groups is 1. The fourth-order valence-corrected chi connectivity index (χ4v) is 8.32. The van der Waals surface area contributed by atoms with Crippen LogP contribution >= 0.6 is 0 Å². The van der Waals surface area contributed by atoms with E-state index in [9.17, 15) is 24.6 Å². The summed E-state index contributed by atoms with van der Waals surface area (Å²) in [5, 5.41) is 22.9. The Morgan fingerprint density at radius 2 is 1.43 bits per heavy atom. The quantitative estimate of drug-likeness (QED) is 0.207. The van der Waals surface area contributed by atoms with Crippen molar-refractivity contribution in [2.45, 2.75) is 29.9 Å². The number of carboxylic acid groups (broad SMARTS) is 1. The molecular formula is C37H32N2O7S. The summed E-state index contributed by atoms with van der Waals surface area (Å²) < 4.78 is 20.9. The van der Waals surface area contributed by atoms with E-state index in [4.69, 9.17) is 4.74 Å². The molecule has 0 bridgehead atoms. The average Bonchev–Trinajstić information content (AvgIpc) is 3.10. The van der Waals surface area contributed by atoms with Gasteiger partial charge in [0.05, 0.1) is 23.8 Å². The Balaban J connectivity index is 1.49. The van der Waals surface area contributed by atoms with E-state index in [-0.39, 0.29) is 30.1 Å². The van der Waals surface area contributed by atoms with E-state index in [0.29, 0.717) is 22.4 Å². The number of carbonyl (C=O) groups excluding carboxylic acids is 2. The Labute approximate surface area is 274 Å². The number of aliphatic carboxylic acids is 1. The van der Waals surface area contributed by atoms with Gasteiger partial charge in [0.2, 0.25) is 5.91 Å². The van der Waals surface area contributed by atoms with Crippen molar-refractivity contribution >= 4 is 28.6 Å². The lowest BCUT2D eigenvalue weighted by Gasteiger charge is -2.61. The van der Waals surface area contributed by atoms with Crippen LogP contribution in [0.2, 0.25) is 0 Å². The molecule has 2 aliphatic heterocycles. The number of carbonyl (C=O) groups is 3. The largest absolute Gasteiger partial charge is 0.489 e. The van der Waals surface area contributed by atoms with Crippen molar-refractivity contribution in [3.63, 3.8) is 0 Å². The minimum Gasteiger partial charge on any atom is -0.489 e. The van der Waals surface area contributed by atoms with Gasteiger partial charge in [0.25, 0.3) is 5.91 Å². The van der Waals surface area contributed by atoms with Crippen LogP contribution in [0.25, 0.3) is 0 Å². The number of ether oxygens (including phenoxy) is 1. The first-order valence-corrected chi connectivity index (χ1v) is 16.1. The van der Waals surface area contributed by atoms with Crippen LogP contribution in [0.3, 0.4) is 0 Å². The van der Waals surface area contributed by atoms with E-state index in [1.165, 1.54) is 0 Å². The second-order valence-corrected chi connectivity index (χ2v) is 12.9. The molecule has 2 aliphatic rings. The van der Waals surface area contributed by atoms with Crippen molar-refractivity contribution in [1.82, 2.24) is 10.2 Å². The van der Waals surface area contributed by atoms with E-state index < -0.39 is 51.1 Å². The average molecular weight is 649 g/mol. The number of nitrogens with zero attached hydrogens (tertiary/aromatic N) is 1. The summed E-state index contributed by atoms with van der Waals surface area (Å²) in [7, 11) is -2.14. The zero-order valence-corrected chi connectivity index (χ0v) is 26.1. The number of β-lactam (4-membered cyclic amide) rings is 1. The molecule has 10 heteroatoms. The van der Waals surface area contributed by atoms with Gasteiger partial charge in [-0.2, -0.15) is 0 Å². The maximum Gasteiger partial charge on any atom is 0.353 e. The molecule has 0 spiro atoms. The highest BCUT2D eigenvalue weighted by Gasteiger charge is 2.73. The second kappa shape index (κ2) is 13.2. The summed E-state index contributed by atoms with van der Waals surface area (Å²) in [6.45, 7) is 3.61. The van der Waals surface area contributed by atoms with Gasteiger partial charge in [-0.25, -0.2) is 4.79 Å². The highest BCUT2D eigenvalue weighted by atomic mass is 32.2. The molecule has 1 saturated heterocycles. The number of aliphatic hydroxyl groups excluding tert-OH is 1. The number of carboxylic acids is 1. The SMILES string of the molecule is C=C1C(COc2ccc(CO)cc2)=C(C(=O)O)N2C(=O)[C@@H](NC(=O)Cc3ccccc3)[C@@]2(C(c2ccccc2)c2ccccc2)[S@]1=O. The highest BCUT2D eigenvalue weighted by Crippen LogP contribution is 2.56. The first kappa shape index (κ1) is 31.7. The van der Waals surface area contributed by atoms with Crippen LogP contribution < -0.4 is 10.1 Å². The fourth-order valence-electron chi connectivity index (χ4n) is 6.33. The number of benzene rings is 4. The maximum absolute atomic E-state index is 15.0. The van der Waals surface area contributed by atoms with Gasteiger partial charge in [0.15, 0.2) is 4.87 Å². The molecule has 6 rings (SSSR count). The van der Waals surface area contributed by atoms with Crippen molar-refractivity contribution < 1.29 is 33.5 Å². The van der Waals surface area contributed by atoms with Gasteiger partial charge in [-0.15, -0.1) is 0 Å². The summed E-state index contributed by atoms with van der Waals surface area (Å²) in [6.07, 6.45) is -0.0363. The predicted octanol–water partition coefficient (Wildman–Crippen LogP) is 4.27. The van der Waals surface area contributed by atoms with Gasteiger partial charge in [-0.05, 0) is 34.4 Å². The molecule has 2 amide bonds. The normalized spacial score (nSPS) is 20.4. The molecule has 4 aromatic rings. The first-order valence-electron chi connectivity index (χ1n) is 14.9. The van der Waals surface area contributed by atoms with Crippen LogP contribution in [0, 0.1) is 0 Å². The highest BCUT2D eigenvalue weighted by molar-refractivity contribution is 7.91. The maximum atomic E-state index is 15.0. The molecule has 4 aromatic carbocycles. The lowest BCUT2D eigenvalue weighted by atomic mass is 9.74. The second-order valence-electron chi connectivity index (χ2n) is 11.3. The molecule has 2 heterocycles. The number of fused-ring (bicyclic) bond motifs is 1. The molecule has 238 valence electrons. The van der Waals surface area contributed by atoms with Crippen LogP contribution in [0.4, 0.5) is 0 Å². The van der Waals surface area contributed by atoms with E-state index in [0.717, 1.165) is 10.5 Å². The zero-order valence-electron chi connectivity index (χ0n) is 25.2. The first-order chi connectivity index (χ1) is 22.8. The third kappa shape index (κ3) is 5.66. The number of amides is 2. The Hall–Kier alpha value is -5.32. The van der Waals surface area contributed by atoms with E-state index >= 15 is 4.21 Å². The minimum absolute atomic E-state index is 0.0000199. The van der Waals surface area contributed by atoms with E-state index in [1.807, 2.05) is 66.7 Å². The number of hydrogen-bond acceptors (Lipinski definition) is 6. The summed E-state index contributed by atoms with van der Waals surface area (Å²) in [5.74, 6) is -3.06. The van der Waals surface area contributed by atoms with Crippen molar-refractivity contribution in [1.29, 1.82) is 0 Å². The Morgan fingerprint density at radius 1 is 0.872 bits per heavy atom. The van der Waals surface area contributed by atoms with Crippen molar-refractivity contribution in [3.05, 3.63) is 160 Å². The van der Waals surface area contributed by atoms with E-state index in [1.54, 1.807) is 48.5 Å². The van der Waals surface area contributed by atoms with Crippen LogP contribution in [-0.2, 0) is 38.2 Å². The van der Waals surface area contributed by atoms with Gasteiger partial charge in [-0.1, -0.05) is 110 Å². The molecule has 47 heavy (non-hydrogen) atoms. The van der Waals surface area contributed by atoms with Gasteiger partial charge in [0, 0.05) is 16.4 Å². The van der Waals surface area contributed by atoms with Crippen LogP contribution in [0.1, 0.15) is 28.2 Å². The molecular weight excluding hydrogens is 616 g/mol. The molecule has 3 N–H and O–H groups in total. The smallest absolute Gasteiger partial charge is 0.353 e. The number of nitrogens with one attached hydrogen (secondary N) is 1. The minimum atomic E-state index is -2.14. The molecule has 0 aromatic heterocycles. The molecule has 1 fully saturated rings. The number of rotatable bonds is 11. The van der Waals surface area contributed by atoms with Crippen molar-refractivity contribution in [3.8, 4) is 5.75 Å². The molecule has 0 aliphatic carbocycles. The van der Waals surface area contributed by atoms with Crippen LogP contribution in [0.5, 0.6) is 5.75 Å². The topological polar surface area (TPSA) is 133 Å². The Kier molecular flexibility index (Phi) is 8.88. The zero-order chi connectivity index (χ0) is 33.1. The van der Waals surface area contributed by atoms with Crippen molar-refractivity contribution in [2.24, 2.45) is 0 Å². The Bertz CT molecular complexity index is 1840. The summed E-state index contributed by atoms with van der Waals surface area (Å²) >= 11 is 0. The molecule has 3 atom stereocenters. The van der Waals surface area contributed by atoms with Gasteiger partial charge < -0.3 is 20.3 Å². The third-order valence-electron chi connectivity index (χ3n) is 8.48. The van der Waals surface area contributed by atoms with Gasteiger partial charge >= 0.3 is 5.97 Å².